The normalized spacial score (nSPS) is 15.4. The van der Waals surface area contributed by atoms with Crippen molar-refractivity contribution in [2.45, 2.75) is 13.0 Å². The molecule has 5 nitrogen and oxygen atoms in total. The molecule has 0 rings (SSSR count). The smallest absolute Gasteiger partial charge is 0.279 e. The number of aliphatic hydroxyl groups excluding tert-OH is 1. The summed E-state index contributed by atoms with van der Waals surface area (Å²) in [7, 11) is -0.540. The van der Waals surface area contributed by atoms with Gasteiger partial charge in [0.05, 0.1) is 6.61 Å². The first kappa shape index (κ1) is 10.8. The molecule has 0 aromatic carbocycles. The number of hydrogen-bond acceptors (Lipinski definition) is 3. The Hall–Kier alpha value is -0.170. The van der Waals surface area contributed by atoms with Crippen molar-refractivity contribution in [1.29, 1.82) is 0 Å². The number of rotatable bonds is 4. The summed E-state index contributed by atoms with van der Waals surface area (Å²) >= 11 is 0. The van der Waals surface area contributed by atoms with Crippen LogP contribution in [0.1, 0.15) is 6.92 Å². The summed E-state index contributed by atoms with van der Waals surface area (Å²) in [5.41, 5.74) is 0. The van der Waals surface area contributed by atoms with E-state index in [9.17, 15) is 8.42 Å². The Balaban J connectivity index is 4.15. The van der Waals surface area contributed by atoms with Crippen molar-refractivity contribution in [3.8, 4) is 0 Å². The number of nitrogens with zero attached hydrogens (tertiary/aromatic N) is 1. The maximum absolute atomic E-state index is 11.0. The van der Waals surface area contributed by atoms with Crippen LogP contribution >= 0.6 is 0 Å². The third-order valence-corrected chi connectivity index (χ3v) is 2.77. The van der Waals surface area contributed by atoms with Crippen molar-refractivity contribution in [3.05, 3.63) is 0 Å². The molecule has 0 unspecified atom stereocenters. The Labute approximate surface area is 67.2 Å². The van der Waals surface area contributed by atoms with Crippen molar-refractivity contribution >= 4 is 10.2 Å². The molecule has 0 aliphatic heterocycles. The van der Waals surface area contributed by atoms with Crippen molar-refractivity contribution in [2.24, 2.45) is 0 Å². The summed E-state index contributed by atoms with van der Waals surface area (Å²) in [6, 6.07) is -0.442. The summed E-state index contributed by atoms with van der Waals surface area (Å²) in [6.07, 6.45) is 0. The standard InChI is InChI=1S/C5H14N2O3S/c1-5(4-8)6-11(9,10)7(2)3/h5-6,8H,4H2,1-3H3/t5-/m1/s1. The molecule has 2 N–H and O–H groups in total. The highest BCUT2D eigenvalue weighted by Crippen LogP contribution is 1.90. The van der Waals surface area contributed by atoms with Crippen LogP contribution in [0.15, 0.2) is 0 Å². The predicted molar refractivity (Wildman–Crippen MR) is 42.3 cm³/mol. The largest absolute Gasteiger partial charge is 0.395 e. The molecular weight excluding hydrogens is 168 g/mol. The van der Waals surface area contributed by atoms with Crippen LogP contribution in [-0.2, 0) is 10.2 Å². The zero-order chi connectivity index (χ0) is 9.07. The fourth-order valence-electron chi connectivity index (χ4n) is 0.397. The molecule has 0 aromatic rings. The van der Waals surface area contributed by atoms with Gasteiger partial charge in [-0.05, 0) is 6.92 Å². The quantitative estimate of drug-likeness (QED) is 0.571. The molecule has 11 heavy (non-hydrogen) atoms. The van der Waals surface area contributed by atoms with Crippen molar-refractivity contribution in [2.75, 3.05) is 20.7 Å². The third kappa shape index (κ3) is 3.66. The molecule has 0 fully saturated rings. The van der Waals surface area contributed by atoms with Crippen LogP contribution in [0.4, 0.5) is 0 Å². The van der Waals surface area contributed by atoms with Crippen LogP contribution in [0.3, 0.4) is 0 Å². The molecule has 68 valence electrons. The monoisotopic (exact) mass is 182 g/mol. The summed E-state index contributed by atoms with van der Waals surface area (Å²) in [6.45, 7) is 1.38. The van der Waals surface area contributed by atoms with Gasteiger partial charge in [0, 0.05) is 20.1 Å². The van der Waals surface area contributed by atoms with E-state index < -0.39 is 16.3 Å². The highest BCUT2D eigenvalue weighted by molar-refractivity contribution is 7.87. The molecular formula is C5H14N2O3S. The zero-order valence-electron chi connectivity index (χ0n) is 6.90. The molecule has 0 aromatic heterocycles. The van der Waals surface area contributed by atoms with Crippen LogP contribution in [0.2, 0.25) is 0 Å². The van der Waals surface area contributed by atoms with E-state index in [1.54, 1.807) is 6.92 Å². The molecule has 6 heteroatoms. The van der Waals surface area contributed by atoms with Gasteiger partial charge in [0.1, 0.15) is 0 Å². The summed E-state index contributed by atoms with van der Waals surface area (Å²) < 4.78 is 25.3. The topological polar surface area (TPSA) is 69.6 Å². The average Bonchev–Trinajstić information content (AvgIpc) is 1.86. The van der Waals surface area contributed by atoms with Crippen molar-refractivity contribution < 1.29 is 13.5 Å². The van der Waals surface area contributed by atoms with Gasteiger partial charge >= 0.3 is 0 Å². The highest BCUT2D eigenvalue weighted by Gasteiger charge is 2.15. The minimum atomic E-state index is -3.39. The number of hydrogen-bond donors (Lipinski definition) is 2. The number of nitrogens with one attached hydrogen (secondary N) is 1. The SMILES string of the molecule is C[C@H](CO)NS(=O)(=O)N(C)C. The molecule has 0 aliphatic rings. The fraction of sp³-hybridized carbons (Fsp3) is 1.00. The molecule has 0 spiro atoms. The van der Waals surface area contributed by atoms with Crippen LogP contribution in [0.25, 0.3) is 0 Å². The van der Waals surface area contributed by atoms with E-state index in [-0.39, 0.29) is 6.61 Å². The van der Waals surface area contributed by atoms with Crippen molar-refractivity contribution in [1.82, 2.24) is 9.03 Å². The van der Waals surface area contributed by atoms with Crippen molar-refractivity contribution in [3.63, 3.8) is 0 Å². The third-order valence-electron chi connectivity index (χ3n) is 1.10. The Morgan fingerprint density at radius 1 is 1.55 bits per heavy atom. The van der Waals surface area contributed by atoms with Gasteiger partial charge in [0.15, 0.2) is 0 Å². The van der Waals surface area contributed by atoms with E-state index in [2.05, 4.69) is 4.72 Å². The molecule has 1 atom stereocenters. The van der Waals surface area contributed by atoms with Gasteiger partial charge < -0.3 is 5.11 Å². The lowest BCUT2D eigenvalue weighted by molar-refractivity contribution is 0.263. The minimum absolute atomic E-state index is 0.201. The first-order valence-electron chi connectivity index (χ1n) is 3.20. The molecule has 0 amide bonds. The minimum Gasteiger partial charge on any atom is -0.395 e. The maximum Gasteiger partial charge on any atom is 0.279 e. The van der Waals surface area contributed by atoms with Crippen LogP contribution in [0, 0.1) is 0 Å². The second kappa shape index (κ2) is 4.01. The van der Waals surface area contributed by atoms with E-state index in [4.69, 9.17) is 5.11 Å². The molecule has 0 bridgehead atoms. The molecule has 0 aliphatic carbocycles. The van der Waals surface area contributed by atoms with Gasteiger partial charge in [-0.2, -0.15) is 17.4 Å². The lowest BCUT2D eigenvalue weighted by Gasteiger charge is -2.15. The summed E-state index contributed by atoms with van der Waals surface area (Å²) in [5, 5.41) is 8.53. The van der Waals surface area contributed by atoms with E-state index >= 15 is 0 Å². The lowest BCUT2D eigenvalue weighted by Crippen LogP contribution is -2.42. The first-order valence-corrected chi connectivity index (χ1v) is 4.65. The Morgan fingerprint density at radius 2 is 2.00 bits per heavy atom. The first-order chi connectivity index (χ1) is 4.90. The van der Waals surface area contributed by atoms with Crippen LogP contribution < -0.4 is 4.72 Å². The fourth-order valence-corrected chi connectivity index (χ4v) is 1.19. The lowest BCUT2D eigenvalue weighted by atomic mass is 10.4. The Morgan fingerprint density at radius 3 is 2.27 bits per heavy atom. The van der Waals surface area contributed by atoms with E-state index in [1.807, 2.05) is 0 Å². The molecule has 0 saturated heterocycles. The maximum atomic E-state index is 11.0. The van der Waals surface area contributed by atoms with Gasteiger partial charge in [-0.25, -0.2) is 0 Å². The molecule has 0 saturated carbocycles. The Kier molecular flexibility index (Phi) is 3.95. The summed E-state index contributed by atoms with van der Waals surface area (Å²) in [5.74, 6) is 0. The van der Waals surface area contributed by atoms with Gasteiger partial charge in [-0.15, -0.1) is 0 Å². The molecule has 0 radical (unpaired) electrons. The second-order valence-electron chi connectivity index (χ2n) is 2.49. The van der Waals surface area contributed by atoms with Gasteiger partial charge in [0.2, 0.25) is 0 Å². The van der Waals surface area contributed by atoms with E-state index in [1.165, 1.54) is 14.1 Å². The average molecular weight is 182 g/mol. The zero-order valence-corrected chi connectivity index (χ0v) is 7.72. The Bertz CT molecular complexity index is 200. The predicted octanol–water partition coefficient (Wildman–Crippen LogP) is -1.24. The van der Waals surface area contributed by atoms with Crippen LogP contribution in [-0.4, -0.2) is 44.6 Å². The second-order valence-corrected chi connectivity index (χ2v) is 4.41. The van der Waals surface area contributed by atoms with E-state index in [0.29, 0.717) is 0 Å². The number of aliphatic hydroxyl groups is 1. The van der Waals surface area contributed by atoms with Gasteiger partial charge in [-0.1, -0.05) is 0 Å². The van der Waals surface area contributed by atoms with Gasteiger partial charge in [0.25, 0.3) is 10.2 Å². The highest BCUT2D eigenvalue weighted by atomic mass is 32.2. The van der Waals surface area contributed by atoms with E-state index in [0.717, 1.165) is 4.31 Å². The van der Waals surface area contributed by atoms with Crippen LogP contribution in [0.5, 0.6) is 0 Å². The summed E-state index contributed by atoms with van der Waals surface area (Å²) in [4.78, 5) is 0. The molecule has 0 heterocycles. The van der Waals surface area contributed by atoms with Gasteiger partial charge in [-0.3, -0.25) is 0 Å².